The molecule has 0 unspecified atom stereocenters. The van der Waals surface area contributed by atoms with Gasteiger partial charge in [-0.25, -0.2) is 17.5 Å². The second-order valence-electron chi connectivity index (χ2n) is 3.92. The summed E-state index contributed by atoms with van der Waals surface area (Å²) in [5.74, 6) is -1.10. The Morgan fingerprint density at radius 1 is 1.42 bits per heavy atom. The average Bonchev–Trinajstić information content (AvgIpc) is 2.33. The minimum Gasteiger partial charge on any atom is -0.396 e. The zero-order valence-electron chi connectivity index (χ0n) is 10.7. The number of hydrogen-bond donors (Lipinski definition) is 3. The third-order valence-corrected chi connectivity index (χ3v) is 3.74. The highest BCUT2D eigenvalue weighted by atomic mass is 32.2. The highest BCUT2D eigenvalue weighted by molar-refractivity contribution is 7.89. The van der Waals surface area contributed by atoms with E-state index >= 15 is 0 Å². The van der Waals surface area contributed by atoms with Crippen LogP contribution >= 0.6 is 0 Å². The lowest BCUT2D eigenvalue weighted by Gasteiger charge is -2.09. The van der Waals surface area contributed by atoms with E-state index < -0.39 is 21.7 Å². The highest BCUT2D eigenvalue weighted by Gasteiger charge is 2.18. The Kier molecular flexibility index (Phi) is 4.84. The minimum absolute atomic E-state index is 0.124. The quantitative estimate of drug-likeness (QED) is 0.671. The molecule has 1 amide bonds. The van der Waals surface area contributed by atoms with Crippen LogP contribution in [0, 0.1) is 12.7 Å². The zero-order chi connectivity index (χ0) is 14.6. The first-order valence-corrected chi connectivity index (χ1v) is 7.08. The molecule has 1 aromatic carbocycles. The van der Waals surface area contributed by atoms with Crippen molar-refractivity contribution in [2.24, 2.45) is 0 Å². The van der Waals surface area contributed by atoms with E-state index in [0.29, 0.717) is 6.54 Å². The maximum Gasteiger partial charge on any atom is 0.241 e. The van der Waals surface area contributed by atoms with Crippen LogP contribution in [0.25, 0.3) is 0 Å². The van der Waals surface area contributed by atoms with E-state index in [9.17, 15) is 17.6 Å². The first kappa shape index (κ1) is 15.4. The van der Waals surface area contributed by atoms with Gasteiger partial charge in [0.1, 0.15) is 5.82 Å². The number of hydrogen-bond acceptors (Lipinski definition) is 4. The third kappa shape index (κ3) is 3.90. The molecule has 0 spiro atoms. The van der Waals surface area contributed by atoms with Gasteiger partial charge in [-0.2, -0.15) is 0 Å². The van der Waals surface area contributed by atoms with Gasteiger partial charge in [0.15, 0.2) is 0 Å². The summed E-state index contributed by atoms with van der Waals surface area (Å²) in [6.45, 7) is 3.15. The first-order valence-electron chi connectivity index (χ1n) is 5.60. The summed E-state index contributed by atoms with van der Waals surface area (Å²) in [7, 11) is -3.89. The highest BCUT2D eigenvalue weighted by Crippen LogP contribution is 2.20. The van der Waals surface area contributed by atoms with Crippen molar-refractivity contribution in [2.45, 2.75) is 18.7 Å². The molecule has 0 aliphatic heterocycles. The van der Waals surface area contributed by atoms with Crippen molar-refractivity contribution in [3.05, 3.63) is 23.5 Å². The number of anilines is 1. The van der Waals surface area contributed by atoms with Gasteiger partial charge in [0.2, 0.25) is 15.9 Å². The molecule has 0 saturated heterocycles. The maximum atomic E-state index is 13.3. The van der Waals surface area contributed by atoms with Gasteiger partial charge in [0.25, 0.3) is 0 Å². The van der Waals surface area contributed by atoms with Gasteiger partial charge in [-0.1, -0.05) is 0 Å². The first-order chi connectivity index (χ1) is 8.77. The number of carbonyl (C=O) groups is 1. The SMILES string of the molecule is CCNC(=O)CNS(=O)(=O)c1cc(C)c(F)c(N)c1. The molecule has 19 heavy (non-hydrogen) atoms. The Labute approximate surface area is 111 Å². The van der Waals surface area contributed by atoms with Crippen molar-refractivity contribution in [1.82, 2.24) is 10.0 Å². The van der Waals surface area contributed by atoms with Crippen molar-refractivity contribution in [1.29, 1.82) is 0 Å². The fourth-order valence-electron chi connectivity index (χ4n) is 1.42. The van der Waals surface area contributed by atoms with Crippen molar-refractivity contribution < 1.29 is 17.6 Å². The number of rotatable bonds is 5. The summed E-state index contributed by atoms with van der Waals surface area (Å²) in [6.07, 6.45) is 0. The maximum absolute atomic E-state index is 13.3. The van der Waals surface area contributed by atoms with Crippen LogP contribution in [-0.4, -0.2) is 27.4 Å². The number of benzene rings is 1. The van der Waals surface area contributed by atoms with E-state index in [4.69, 9.17) is 5.73 Å². The van der Waals surface area contributed by atoms with E-state index in [-0.39, 0.29) is 22.7 Å². The molecule has 0 aliphatic carbocycles. The van der Waals surface area contributed by atoms with Gasteiger partial charge in [-0.15, -0.1) is 0 Å². The Morgan fingerprint density at radius 2 is 2.05 bits per heavy atom. The number of nitrogen functional groups attached to an aromatic ring is 1. The summed E-state index contributed by atoms with van der Waals surface area (Å²) < 4.78 is 39.2. The lowest BCUT2D eigenvalue weighted by molar-refractivity contribution is -0.119. The second kappa shape index (κ2) is 5.98. The minimum atomic E-state index is -3.89. The Morgan fingerprint density at radius 3 is 2.58 bits per heavy atom. The van der Waals surface area contributed by atoms with Gasteiger partial charge in [0, 0.05) is 6.54 Å². The summed E-state index contributed by atoms with van der Waals surface area (Å²) in [5.41, 5.74) is 5.25. The smallest absolute Gasteiger partial charge is 0.241 e. The predicted octanol–water partition coefficient (Wildman–Crippen LogP) is 0.131. The zero-order valence-corrected chi connectivity index (χ0v) is 11.5. The molecule has 1 aromatic rings. The molecule has 106 valence electrons. The number of likely N-dealkylation sites (N-methyl/N-ethyl adjacent to an activating group) is 1. The molecule has 0 aromatic heterocycles. The molecule has 0 fully saturated rings. The largest absolute Gasteiger partial charge is 0.396 e. The van der Waals surface area contributed by atoms with Crippen LogP contribution < -0.4 is 15.8 Å². The molecule has 0 atom stereocenters. The number of nitrogens with one attached hydrogen (secondary N) is 2. The number of amides is 1. The lowest BCUT2D eigenvalue weighted by Crippen LogP contribution is -2.36. The number of nitrogens with two attached hydrogens (primary N) is 1. The summed E-state index contributed by atoms with van der Waals surface area (Å²) in [5, 5.41) is 2.45. The number of halogens is 1. The van der Waals surface area contributed by atoms with E-state index in [2.05, 4.69) is 10.0 Å². The summed E-state index contributed by atoms with van der Waals surface area (Å²) in [6, 6.07) is 2.17. The van der Waals surface area contributed by atoms with Crippen LogP contribution in [0.4, 0.5) is 10.1 Å². The van der Waals surface area contributed by atoms with Crippen LogP contribution in [0.3, 0.4) is 0 Å². The standard InChI is InChI=1S/C11H16FN3O3S/c1-3-14-10(16)6-15-19(17,18)8-4-7(2)11(12)9(13)5-8/h4-5,15H,3,6,13H2,1-2H3,(H,14,16). The van der Waals surface area contributed by atoms with Crippen molar-refractivity contribution in [3.8, 4) is 0 Å². The van der Waals surface area contributed by atoms with Gasteiger partial charge < -0.3 is 11.1 Å². The molecule has 8 heteroatoms. The average molecular weight is 289 g/mol. The topological polar surface area (TPSA) is 101 Å². The Hall–Kier alpha value is -1.67. The molecule has 0 radical (unpaired) electrons. The van der Waals surface area contributed by atoms with Gasteiger partial charge in [-0.05, 0) is 31.5 Å². The molecule has 0 saturated carbocycles. The van der Waals surface area contributed by atoms with E-state index in [1.165, 1.54) is 6.92 Å². The van der Waals surface area contributed by atoms with Crippen molar-refractivity contribution in [2.75, 3.05) is 18.8 Å². The molecular weight excluding hydrogens is 273 g/mol. The van der Waals surface area contributed by atoms with Crippen LogP contribution in [0.5, 0.6) is 0 Å². The van der Waals surface area contributed by atoms with Gasteiger partial charge in [0.05, 0.1) is 17.1 Å². The number of aryl methyl sites for hydroxylation is 1. The van der Waals surface area contributed by atoms with Gasteiger partial charge in [-0.3, -0.25) is 4.79 Å². The van der Waals surface area contributed by atoms with E-state index in [0.717, 1.165) is 12.1 Å². The monoisotopic (exact) mass is 289 g/mol. The van der Waals surface area contributed by atoms with Crippen LogP contribution in [0.15, 0.2) is 17.0 Å². The van der Waals surface area contributed by atoms with Crippen LogP contribution in [-0.2, 0) is 14.8 Å². The molecule has 0 heterocycles. The molecule has 1 rings (SSSR count). The predicted molar refractivity (Wildman–Crippen MR) is 69.4 cm³/mol. The normalized spacial score (nSPS) is 11.3. The van der Waals surface area contributed by atoms with Gasteiger partial charge >= 0.3 is 0 Å². The van der Waals surface area contributed by atoms with Crippen LogP contribution in [0.2, 0.25) is 0 Å². The molecule has 4 N–H and O–H groups in total. The molecule has 6 nitrogen and oxygen atoms in total. The van der Waals surface area contributed by atoms with E-state index in [1.807, 2.05) is 0 Å². The Balaban J connectivity index is 2.92. The van der Waals surface area contributed by atoms with Crippen LogP contribution in [0.1, 0.15) is 12.5 Å². The summed E-state index contributed by atoms with van der Waals surface area (Å²) >= 11 is 0. The lowest BCUT2D eigenvalue weighted by atomic mass is 10.2. The third-order valence-electron chi connectivity index (χ3n) is 2.36. The molecular formula is C11H16FN3O3S. The second-order valence-corrected chi connectivity index (χ2v) is 5.69. The number of sulfonamides is 1. The fourth-order valence-corrected chi connectivity index (χ4v) is 2.52. The molecule has 0 bridgehead atoms. The van der Waals surface area contributed by atoms with E-state index in [1.54, 1.807) is 6.92 Å². The fraction of sp³-hybridized carbons (Fsp3) is 0.364. The van der Waals surface area contributed by atoms with Crippen molar-refractivity contribution >= 4 is 21.6 Å². The Bertz CT molecular complexity index is 564. The molecule has 0 aliphatic rings. The summed E-state index contributed by atoms with van der Waals surface area (Å²) in [4.78, 5) is 11.0. The number of carbonyl (C=O) groups excluding carboxylic acids is 1. The van der Waals surface area contributed by atoms with Crippen molar-refractivity contribution in [3.63, 3.8) is 0 Å².